The van der Waals surface area contributed by atoms with Gasteiger partial charge < -0.3 is 5.11 Å². The van der Waals surface area contributed by atoms with Gasteiger partial charge in [0.2, 0.25) is 10.0 Å². The van der Waals surface area contributed by atoms with Crippen molar-refractivity contribution in [2.45, 2.75) is 37.1 Å². The first-order valence-corrected chi connectivity index (χ1v) is 9.70. The van der Waals surface area contributed by atoms with E-state index >= 15 is 0 Å². The smallest absolute Gasteiger partial charge is 0.303 e. The van der Waals surface area contributed by atoms with Crippen molar-refractivity contribution in [3.63, 3.8) is 0 Å². The molecule has 0 saturated heterocycles. The molecule has 2 N–H and O–H groups in total. The van der Waals surface area contributed by atoms with Gasteiger partial charge in [0.05, 0.1) is 9.82 Å². The molecular weight excluding hydrogens is 372 g/mol. The maximum atomic E-state index is 12.7. The molecule has 0 bridgehead atoms. The van der Waals surface area contributed by atoms with Crippen molar-refractivity contribution in [2.75, 3.05) is 0 Å². The molecular formula is C18H20N2O6S. The molecule has 0 saturated carbocycles. The molecule has 2 aromatic carbocycles. The van der Waals surface area contributed by atoms with E-state index in [-0.39, 0.29) is 23.4 Å². The van der Waals surface area contributed by atoms with Crippen LogP contribution in [0.5, 0.6) is 0 Å². The summed E-state index contributed by atoms with van der Waals surface area (Å²) in [5.74, 6) is -1.03. The number of nitro groups is 1. The number of nitrogens with one attached hydrogen (secondary N) is 1. The predicted octanol–water partition coefficient (Wildman–Crippen LogP) is 2.66. The van der Waals surface area contributed by atoms with Gasteiger partial charge in [-0.05, 0) is 31.4 Å². The zero-order valence-electron chi connectivity index (χ0n) is 14.7. The van der Waals surface area contributed by atoms with Gasteiger partial charge in [-0.1, -0.05) is 36.4 Å². The zero-order valence-corrected chi connectivity index (χ0v) is 15.5. The number of nitro benzene ring substituents is 1. The van der Waals surface area contributed by atoms with E-state index in [1.165, 1.54) is 19.1 Å². The topological polar surface area (TPSA) is 127 Å². The van der Waals surface area contributed by atoms with Crippen molar-refractivity contribution in [1.29, 1.82) is 0 Å². The number of hydrogen-bond donors (Lipinski definition) is 2. The summed E-state index contributed by atoms with van der Waals surface area (Å²) < 4.78 is 27.9. The molecule has 0 aromatic heterocycles. The average Bonchev–Trinajstić information content (AvgIpc) is 2.60. The number of benzene rings is 2. The molecule has 0 spiro atoms. The van der Waals surface area contributed by atoms with E-state index in [2.05, 4.69) is 4.72 Å². The van der Waals surface area contributed by atoms with Crippen LogP contribution in [0.4, 0.5) is 5.69 Å². The van der Waals surface area contributed by atoms with Gasteiger partial charge in [0.1, 0.15) is 0 Å². The molecule has 0 fully saturated rings. The number of aryl methyl sites for hydroxylation is 1. The summed E-state index contributed by atoms with van der Waals surface area (Å²) in [7, 11) is -4.05. The minimum Gasteiger partial charge on any atom is -0.481 e. The highest BCUT2D eigenvalue weighted by Gasteiger charge is 2.24. The fourth-order valence-electron chi connectivity index (χ4n) is 2.64. The SMILES string of the molecule is Cc1ccc(S(=O)(=O)NC(CCC(=O)O)Cc2ccccc2)cc1[N+](=O)[O-]. The molecule has 144 valence electrons. The largest absolute Gasteiger partial charge is 0.481 e. The molecule has 0 heterocycles. The fourth-order valence-corrected chi connectivity index (χ4v) is 3.93. The van der Waals surface area contributed by atoms with Gasteiger partial charge in [0, 0.05) is 24.1 Å². The zero-order chi connectivity index (χ0) is 20.0. The van der Waals surface area contributed by atoms with E-state index in [4.69, 9.17) is 5.11 Å². The Labute approximate surface area is 157 Å². The second-order valence-corrected chi connectivity index (χ2v) is 7.86. The summed E-state index contributed by atoms with van der Waals surface area (Å²) in [6, 6.07) is 12.1. The maximum Gasteiger partial charge on any atom is 0.303 e. The summed E-state index contributed by atoms with van der Waals surface area (Å²) in [5, 5.41) is 20.0. The van der Waals surface area contributed by atoms with Gasteiger partial charge >= 0.3 is 5.97 Å². The number of aliphatic carboxylic acids is 1. The number of hydrogen-bond acceptors (Lipinski definition) is 5. The summed E-state index contributed by atoms with van der Waals surface area (Å²) >= 11 is 0. The monoisotopic (exact) mass is 392 g/mol. The Morgan fingerprint density at radius 2 is 1.89 bits per heavy atom. The second kappa shape index (κ2) is 8.74. The fraction of sp³-hybridized carbons (Fsp3) is 0.278. The minimum absolute atomic E-state index is 0.0947. The standard InChI is InChI=1S/C18H20N2O6S/c1-13-7-9-16(12-17(13)20(23)24)27(25,26)19-15(8-10-18(21)22)11-14-5-3-2-4-6-14/h2-7,9,12,15,19H,8,10-11H2,1H3,(H,21,22). The van der Waals surface area contributed by atoms with Crippen LogP contribution in [0.25, 0.3) is 0 Å². The van der Waals surface area contributed by atoms with Crippen LogP contribution in [0.1, 0.15) is 24.0 Å². The molecule has 27 heavy (non-hydrogen) atoms. The molecule has 1 unspecified atom stereocenters. The third-order valence-corrected chi connectivity index (χ3v) is 5.56. The van der Waals surface area contributed by atoms with Crippen LogP contribution in [0.15, 0.2) is 53.4 Å². The lowest BCUT2D eigenvalue weighted by molar-refractivity contribution is -0.385. The van der Waals surface area contributed by atoms with Crippen LogP contribution in [-0.4, -0.2) is 30.5 Å². The van der Waals surface area contributed by atoms with Crippen LogP contribution < -0.4 is 4.72 Å². The number of sulfonamides is 1. The molecule has 9 heteroatoms. The van der Waals surface area contributed by atoms with Crippen LogP contribution >= 0.6 is 0 Å². The van der Waals surface area contributed by atoms with E-state index in [1.54, 1.807) is 12.1 Å². The minimum atomic E-state index is -4.05. The lowest BCUT2D eigenvalue weighted by Crippen LogP contribution is -2.37. The normalized spacial score (nSPS) is 12.5. The maximum absolute atomic E-state index is 12.7. The van der Waals surface area contributed by atoms with Crippen molar-refractivity contribution >= 4 is 21.7 Å². The molecule has 2 rings (SSSR count). The van der Waals surface area contributed by atoms with E-state index in [1.807, 2.05) is 18.2 Å². The lowest BCUT2D eigenvalue weighted by atomic mass is 10.0. The van der Waals surface area contributed by atoms with Crippen LogP contribution in [-0.2, 0) is 21.2 Å². The number of carbonyl (C=O) groups is 1. The first kappa shape index (κ1) is 20.5. The quantitative estimate of drug-likeness (QED) is 0.499. The lowest BCUT2D eigenvalue weighted by Gasteiger charge is -2.18. The Morgan fingerprint density at radius 3 is 2.48 bits per heavy atom. The Balaban J connectivity index is 2.27. The van der Waals surface area contributed by atoms with Crippen LogP contribution in [0.2, 0.25) is 0 Å². The van der Waals surface area contributed by atoms with Gasteiger partial charge in [0.25, 0.3) is 5.69 Å². The van der Waals surface area contributed by atoms with E-state index in [0.717, 1.165) is 11.6 Å². The van der Waals surface area contributed by atoms with Gasteiger partial charge in [0.15, 0.2) is 0 Å². The Hall–Kier alpha value is -2.78. The molecule has 2 aromatic rings. The Bertz CT molecular complexity index is 928. The Kier molecular flexibility index (Phi) is 6.65. The van der Waals surface area contributed by atoms with Crippen molar-refractivity contribution in [3.05, 3.63) is 69.8 Å². The number of nitrogens with zero attached hydrogens (tertiary/aromatic N) is 1. The number of carboxylic acids is 1. The van der Waals surface area contributed by atoms with Crippen molar-refractivity contribution in [1.82, 2.24) is 4.72 Å². The molecule has 0 aliphatic rings. The third kappa shape index (κ3) is 5.87. The summed E-state index contributed by atoms with van der Waals surface area (Å²) in [4.78, 5) is 21.1. The molecule has 0 aliphatic heterocycles. The van der Waals surface area contributed by atoms with E-state index in [0.29, 0.717) is 12.0 Å². The Morgan fingerprint density at radius 1 is 1.22 bits per heavy atom. The van der Waals surface area contributed by atoms with Crippen LogP contribution in [0.3, 0.4) is 0 Å². The van der Waals surface area contributed by atoms with Crippen molar-refractivity contribution in [3.8, 4) is 0 Å². The van der Waals surface area contributed by atoms with Crippen LogP contribution in [0, 0.1) is 17.0 Å². The summed E-state index contributed by atoms with van der Waals surface area (Å²) in [6.07, 6.45) is 0.201. The number of carboxylic acid groups (broad SMARTS) is 1. The highest BCUT2D eigenvalue weighted by Crippen LogP contribution is 2.23. The molecule has 8 nitrogen and oxygen atoms in total. The third-order valence-electron chi connectivity index (χ3n) is 4.04. The second-order valence-electron chi connectivity index (χ2n) is 6.15. The van der Waals surface area contributed by atoms with E-state index in [9.17, 15) is 23.3 Å². The van der Waals surface area contributed by atoms with Crippen molar-refractivity contribution < 1.29 is 23.2 Å². The molecule has 1 atom stereocenters. The number of rotatable bonds is 9. The highest BCUT2D eigenvalue weighted by molar-refractivity contribution is 7.89. The summed E-state index contributed by atoms with van der Waals surface area (Å²) in [6.45, 7) is 1.52. The first-order valence-electron chi connectivity index (χ1n) is 8.22. The summed E-state index contributed by atoms with van der Waals surface area (Å²) in [5.41, 5.74) is 0.916. The molecule has 0 aliphatic carbocycles. The highest BCUT2D eigenvalue weighted by atomic mass is 32.2. The van der Waals surface area contributed by atoms with E-state index < -0.39 is 27.0 Å². The van der Waals surface area contributed by atoms with Gasteiger partial charge in [-0.3, -0.25) is 14.9 Å². The average molecular weight is 392 g/mol. The van der Waals surface area contributed by atoms with Crippen molar-refractivity contribution in [2.24, 2.45) is 0 Å². The first-order chi connectivity index (χ1) is 12.7. The predicted molar refractivity (Wildman–Crippen MR) is 99.0 cm³/mol. The molecule has 0 amide bonds. The van der Waals surface area contributed by atoms with Gasteiger partial charge in [-0.15, -0.1) is 0 Å². The van der Waals surface area contributed by atoms with Gasteiger partial charge in [-0.25, -0.2) is 13.1 Å². The van der Waals surface area contributed by atoms with Gasteiger partial charge in [-0.2, -0.15) is 0 Å². The molecule has 0 radical (unpaired) electrons.